The molecule has 0 aliphatic rings. The third kappa shape index (κ3) is 5.17. The van der Waals surface area contributed by atoms with Crippen LogP contribution in [-0.4, -0.2) is 30.1 Å². The van der Waals surface area contributed by atoms with Gasteiger partial charge in [-0.25, -0.2) is 9.59 Å². The number of carbonyl (C=O) groups is 3. The molecule has 0 bridgehead atoms. The Kier molecular flexibility index (Phi) is 6.28. The van der Waals surface area contributed by atoms with E-state index in [4.69, 9.17) is 10.4 Å². The minimum absolute atomic E-state index is 0.0844. The maximum Gasteiger partial charge on any atom is 0.337 e. The largest absolute Gasteiger partial charge is 0.478 e. The first-order valence-corrected chi connectivity index (χ1v) is 7.64. The maximum absolute atomic E-state index is 12.1. The van der Waals surface area contributed by atoms with E-state index < -0.39 is 17.8 Å². The van der Waals surface area contributed by atoms with Gasteiger partial charge in [0.2, 0.25) is 0 Å². The predicted octanol–water partition coefficient (Wildman–Crippen LogP) is 2.63. The van der Waals surface area contributed by atoms with E-state index in [1.54, 1.807) is 18.2 Å². The van der Waals surface area contributed by atoms with Gasteiger partial charge in [-0.05, 0) is 48.5 Å². The highest BCUT2D eigenvalue weighted by Gasteiger charge is 2.10. The van der Waals surface area contributed by atoms with Gasteiger partial charge in [0.1, 0.15) is 11.6 Å². The Hall–Kier alpha value is -4.12. The van der Waals surface area contributed by atoms with Crippen LogP contribution >= 0.6 is 0 Å². The molecule has 8 nitrogen and oxygen atoms in total. The number of methoxy groups -OCH3 is 1. The first-order valence-electron chi connectivity index (χ1n) is 7.64. The molecule has 0 saturated heterocycles. The van der Waals surface area contributed by atoms with Gasteiger partial charge in [-0.15, -0.1) is 0 Å². The number of hydrogen-bond donors (Lipinski definition) is 3. The Morgan fingerprint density at radius 3 is 2.07 bits per heavy atom. The molecule has 0 spiro atoms. The number of amides is 1. The molecule has 0 aliphatic heterocycles. The lowest BCUT2D eigenvalue weighted by atomic mass is 10.2. The van der Waals surface area contributed by atoms with E-state index >= 15 is 0 Å². The summed E-state index contributed by atoms with van der Waals surface area (Å²) in [6.07, 6.45) is 1.23. The molecule has 0 saturated carbocycles. The van der Waals surface area contributed by atoms with Crippen molar-refractivity contribution in [3.8, 4) is 6.07 Å². The van der Waals surface area contributed by atoms with E-state index in [0.717, 1.165) is 0 Å². The van der Waals surface area contributed by atoms with Gasteiger partial charge < -0.3 is 20.5 Å². The average molecular weight is 365 g/mol. The molecule has 1 amide bonds. The number of nitrogens with one attached hydrogen (secondary N) is 2. The zero-order valence-electron chi connectivity index (χ0n) is 14.2. The highest BCUT2D eigenvalue weighted by molar-refractivity contribution is 6.06. The first-order chi connectivity index (χ1) is 12.9. The molecule has 0 radical (unpaired) electrons. The fraction of sp³-hybridized carbons (Fsp3) is 0.0526. The molecule has 0 unspecified atom stereocenters. The van der Waals surface area contributed by atoms with Crippen LogP contribution in [0.15, 0.2) is 60.3 Å². The number of carbonyl (C=O) groups excluding carboxylic acids is 2. The van der Waals surface area contributed by atoms with Crippen molar-refractivity contribution in [1.29, 1.82) is 5.26 Å². The SMILES string of the molecule is COC(=O)c1ccc(N/C=C(/C#N)C(=O)Nc2ccc(C(=O)O)cc2)cc1. The molecule has 2 aromatic rings. The van der Waals surface area contributed by atoms with Gasteiger partial charge >= 0.3 is 11.9 Å². The van der Waals surface area contributed by atoms with E-state index in [-0.39, 0.29) is 11.1 Å². The summed E-state index contributed by atoms with van der Waals surface area (Å²) in [6.45, 7) is 0. The smallest absolute Gasteiger partial charge is 0.337 e. The number of nitrogens with zero attached hydrogens (tertiary/aromatic N) is 1. The monoisotopic (exact) mass is 365 g/mol. The predicted molar refractivity (Wildman–Crippen MR) is 97.1 cm³/mol. The van der Waals surface area contributed by atoms with Gasteiger partial charge in [-0.2, -0.15) is 5.26 Å². The van der Waals surface area contributed by atoms with Crippen molar-refractivity contribution in [2.75, 3.05) is 17.7 Å². The molecule has 0 aliphatic carbocycles. The van der Waals surface area contributed by atoms with E-state index in [1.165, 1.54) is 49.7 Å². The van der Waals surface area contributed by atoms with Crippen LogP contribution in [0, 0.1) is 11.3 Å². The lowest BCUT2D eigenvalue weighted by Gasteiger charge is -2.06. The molecular formula is C19H15N3O5. The molecule has 0 fully saturated rings. The molecule has 2 aromatic carbocycles. The standard InChI is InChI=1S/C19H15N3O5/c1-27-19(26)13-4-6-15(7-5-13)21-11-14(10-20)17(23)22-16-8-2-12(3-9-16)18(24)25/h2-9,11,21H,1H3,(H,22,23)(H,24,25)/b14-11-. The number of hydrogen-bond acceptors (Lipinski definition) is 6. The molecule has 8 heteroatoms. The minimum Gasteiger partial charge on any atom is -0.478 e. The molecule has 27 heavy (non-hydrogen) atoms. The fourth-order valence-electron chi connectivity index (χ4n) is 2.02. The van der Waals surface area contributed by atoms with Gasteiger partial charge in [-0.1, -0.05) is 0 Å². The van der Waals surface area contributed by atoms with Crippen LogP contribution in [0.25, 0.3) is 0 Å². The van der Waals surface area contributed by atoms with Crippen LogP contribution in [0.4, 0.5) is 11.4 Å². The summed E-state index contributed by atoms with van der Waals surface area (Å²) in [5, 5.41) is 23.3. The van der Waals surface area contributed by atoms with Crippen molar-refractivity contribution in [3.63, 3.8) is 0 Å². The van der Waals surface area contributed by atoms with Crippen LogP contribution in [0.2, 0.25) is 0 Å². The van der Waals surface area contributed by atoms with Gasteiger partial charge in [0, 0.05) is 17.6 Å². The van der Waals surface area contributed by atoms with E-state index in [1.807, 2.05) is 0 Å². The fourth-order valence-corrected chi connectivity index (χ4v) is 2.02. The minimum atomic E-state index is -1.08. The number of rotatable bonds is 6. The van der Waals surface area contributed by atoms with Gasteiger partial charge in [0.25, 0.3) is 5.91 Å². The molecule has 2 rings (SSSR count). The van der Waals surface area contributed by atoms with E-state index in [9.17, 15) is 14.4 Å². The lowest BCUT2D eigenvalue weighted by molar-refractivity contribution is -0.112. The summed E-state index contributed by atoms with van der Waals surface area (Å²) < 4.78 is 4.60. The Balaban J connectivity index is 2.04. The number of carboxylic acids is 1. The summed E-state index contributed by atoms with van der Waals surface area (Å²) in [6, 6.07) is 13.6. The van der Waals surface area contributed by atoms with Crippen LogP contribution < -0.4 is 10.6 Å². The summed E-state index contributed by atoms with van der Waals surface area (Å²) in [5.41, 5.74) is 1.19. The molecule has 0 aromatic heterocycles. The second kappa shape index (κ2) is 8.82. The number of anilines is 2. The molecule has 3 N–H and O–H groups in total. The number of ether oxygens (including phenoxy) is 1. The number of esters is 1. The Morgan fingerprint density at radius 2 is 1.56 bits per heavy atom. The van der Waals surface area contributed by atoms with Crippen LogP contribution in [0.3, 0.4) is 0 Å². The first kappa shape index (κ1) is 19.2. The van der Waals surface area contributed by atoms with Crippen LogP contribution in [0.1, 0.15) is 20.7 Å². The normalized spacial score (nSPS) is 10.4. The summed E-state index contributed by atoms with van der Waals surface area (Å²) in [5.74, 6) is -2.20. The summed E-state index contributed by atoms with van der Waals surface area (Å²) >= 11 is 0. The van der Waals surface area contributed by atoms with Crippen molar-refractivity contribution in [3.05, 3.63) is 71.4 Å². The number of carboxylic acid groups (broad SMARTS) is 1. The van der Waals surface area contributed by atoms with Gasteiger partial charge in [0.05, 0.1) is 18.2 Å². The van der Waals surface area contributed by atoms with E-state index in [2.05, 4.69) is 15.4 Å². The quantitative estimate of drug-likeness (QED) is 0.408. The number of nitriles is 1. The van der Waals surface area contributed by atoms with Gasteiger partial charge in [-0.3, -0.25) is 4.79 Å². The van der Waals surface area contributed by atoms with E-state index in [0.29, 0.717) is 16.9 Å². The third-order valence-corrected chi connectivity index (χ3v) is 3.44. The number of aromatic carboxylic acids is 1. The lowest BCUT2D eigenvalue weighted by Crippen LogP contribution is -2.14. The summed E-state index contributed by atoms with van der Waals surface area (Å²) in [7, 11) is 1.28. The Bertz CT molecular complexity index is 925. The van der Waals surface area contributed by atoms with Crippen molar-refractivity contribution in [1.82, 2.24) is 0 Å². The topological polar surface area (TPSA) is 129 Å². The van der Waals surface area contributed by atoms with Crippen LogP contribution in [0.5, 0.6) is 0 Å². The van der Waals surface area contributed by atoms with Crippen molar-refractivity contribution < 1.29 is 24.2 Å². The molecule has 136 valence electrons. The van der Waals surface area contributed by atoms with Crippen molar-refractivity contribution in [2.24, 2.45) is 0 Å². The Morgan fingerprint density at radius 1 is 1.00 bits per heavy atom. The van der Waals surface area contributed by atoms with Crippen LogP contribution in [-0.2, 0) is 9.53 Å². The molecular weight excluding hydrogens is 350 g/mol. The number of benzene rings is 2. The molecule has 0 heterocycles. The zero-order chi connectivity index (χ0) is 19.8. The van der Waals surface area contributed by atoms with Crippen molar-refractivity contribution in [2.45, 2.75) is 0 Å². The highest BCUT2D eigenvalue weighted by atomic mass is 16.5. The van der Waals surface area contributed by atoms with Crippen molar-refractivity contribution >= 4 is 29.2 Å². The van der Waals surface area contributed by atoms with Gasteiger partial charge in [0.15, 0.2) is 0 Å². The second-order valence-corrected chi connectivity index (χ2v) is 5.22. The third-order valence-electron chi connectivity index (χ3n) is 3.44. The zero-order valence-corrected chi connectivity index (χ0v) is 14.2. The Labute approximate surface area is 154 Å². The second-order valence-electron chi connectivity index (χ2n) is 5.22. The molecule has 0 atom stereocenters. The highest BCUT2D eigenvalue weighted by Crippen LogP contribution is 2.13. The summed E-state index contributed by atoms with van der Waals surface area (Å²) in [4.78, 5) is 34.3. The average Bonchev–Trinajstić information content (AvgIpc) is 2.68. The maximum atomic E-state index is 12.1.